The van der Waals surface area contributed by atoms with E-state index in [1.165, 1.54) is 0 Å². The van der Waals surface area contributed by atoms with E-state index in [2.05, 4.69) is 29.4 Å². The first-order chi connectivity index (χ1) is 9.01. The fourth-order valence-electron chi connectivity index (χ4n) is 1.63. The Balaban J connectivity index is 3.67. The van der Waals surface area contributed by atoms with E-state index in [-0.39, 0.29) is 0 Å². The molecule has 0 aliphatic heterocycles. The van der Waals surface area contributed by atoms with Crippen LogP contribution in [0.2, 0.25) is 0 Å². The molecule has 0 unspecified atom stereocenters. The van der Waals surface area contributed by atoms with Crippen LogP contribution in [0.3, 0.4) is 0 Å². The van der Waals surface area contributed by atoms with Gasteiger partial charge in [0.15, 0.2) is 0 Å². The Hall–Kier alpha value is -1.14. The molecule has 2 N–H and O–H groups in total. The van der Waals surface area contributed by atoms with Crippen molar-refractivity contribution in [2.24, 2.45) is 0 Å². The molecule has 0 aromatic carbocycles. The summed E-state index contributed by atoms with van der Waals surface area (Å²) >= 11 is 0. The summed E-state index contributed by atoms with van der Waals surface area (Å²) in [5.74, 6) is -1.09. The number of carbonyl (C=O) groups excluding carboxylic acids is 2. The molecule has 112 valence electrons. The topological polar surface area (TPSA) is 64.7 Å². The Morgan fingerprint density at radius 3 is 1.89 bits per heavy atom. The fraction of sp³-hybridized carbons (Fsp3) is 0.846. The highest BCUT2D eigenvalue weighted by Gasteiger charge is 2.12. The minimum atomic E-state index is -0.544. The first-order valence-corrected chi connectivity index (χ1v) is 6.94. The van der Waals surface area contributed by atoms with Gasteiger partial charge in [-0.3, -0.25) is 9.59 Å². The molecule has 19 heavy (non-hydrogen) atoms. The van der Waals surface area contributed by atoms with Crippen LogP contribution in [0.5, 0.6) is 0 Å². The van der Waals surface area contributed by atoms with Crippen molar-refractivity contribution in [1.82, 2.24) is 20.4 Å². The summed E-state index contributed by atoms with van der Waals surface area (Å²) in [6.07, 6.45) is 0.839. The number of likely N-dealkylation sites (N-methyl/N-ethyl adjacent to an activating group) is 1. The minimum Gasteiger partial charge on any atom is -0.348 e. The van der Waals surface area contributed by atoms with Crippen LogP contribution in [0.4, 0.5) is 0 Å². The Morgan fingerprint density at radius 2 is 1.42 bits per heavy atom. The zero-order valence-electron chi connectivity index (χ0n) is 12.7. The van der Waals surface area contributed by atoms with Crippen molar-refractivity contribution in [3.8, 4) is 0 Å². The smallest absolute Gasteiger partial charge is 0.309 e. The van der Waals surface area contributed by atoms with Crippen molar-refractivity contribution in [3.63, 3.8) is 0 Å². The van der Waals surface area contributed by atoms with E-state index >= 15 is 0 Å². The van der Waals surface area contributed by atoms with Crippen LogP contribution >= 0.6 is 0 Å². The summed E-state index contributed by atoms with van der Waals surface area (Å²) in [6.45, 7) is 8.74. The van der Waals surface area contributed by atoms with E-state index in [1.807, 2.05) is 19.0 Å². The summed E-state index contributed by atoms with van der Waals surface area (Å²) < 4.78 is 0. The monoisotopic (exact) mass is 272 g/mol. The predicted octanol–water partition coefficient (Wildman–Crippen LogP) is -0.488. The summed E-state index contributed by atoms with van der Waals surface area (Å²) in [6, 6.07) is 0. The molecular formula is C13H28N4O2. The maximum atomic E-state index is 11.5. The molecule has 6 nitrogen and oxygen atoms in total. The number of carbonyl (C=O) groups is 2. The average Bonchev–Trinajstić information content (AvgIpc) is 2.39. The molecule has 0 atom stereocenters. The van der Waals surface area contributed by atoms with E-state index in [9.17, 15) is 9.59 Å². The van der Waals surface area contributed by atoms with Crippen LogP contribution in [-0.2, 0) is 9.59 Å². The second-order valence-electron chi connectivity index (χ2n) is 4.70. The van der Waals surface area contributed by atoms with Gasteiger partial charge < -0.3 is 20.4 Å². The lowest BCUT2D eigenvalue weighted by atomic mass is 10.4. The van der Waals surface area contributed by atoms with Crippen molar-refractivity contribution in [2.75, 3.05) is 53.4 Å². The van der Waals surface area contributed by atoms with Crippen molar-refractivity contribution in [2.45, 2.75) is 20.3 Å². The number of hydrogen-bond donors (Lipinski definition) is 2. The van der Waals surface area contributed by atoms with Crippen LogP contribution in [0, 0.1) is 0 Å². The Kier molecular flexibility index (Phi) is 10.1. The minimum absolute atomic E-state index is 0.506. The van der Waals surface area contributed by atoms with Crippen LogP contribution in [0.15, 0.2) is 0 Å². The third-order valence-corrected chi connectivity index (χ3v) is 2.88. The molecule has 0 spiro atoms. The predicted molar refractivity (Wildman–Crippen MR) is 77.0 cm³/mol. The molecule has 0 saturated carbocycles. The maximum Gasteiger partial charge on any atom is 0.309 e. The van der Waals surface area contributed by atoms with Crippen LogP contribution < -0.4 is 10.6 Å². The highest BCUT2D eigenvalue weighted by atomic mass is 16.2. The number of nitrogens with zero attached hydrogens (tertiary/aromatic N) is 2. The molecule has 0 saturated heterocycles. The molecule has 0 aliphatic carbocycles. The molecule has 0 fully saturated rings. The van der Waals surface area contributed by atoms with Gasteiger partial charge in [0.05, 0.1) is 0 Å². The summed E-state index contributed by atoms with van der Waals surface area (Å²) in [7, 11) is 3.95. The molecular weight excluding hydrogens is 244 g/mol. The van der Waals surface area contributed by atoms with Crippen molar-refractivity contribution in [3.05, 3.63) is 0 Å². The average molecular weight is 272 g/mol. The lowest BCUT2D eigenvalue weighted by Crippen LogP contribution is -2.43. The van der Waals surface area contributed by atoms with E-state index in [1.54, 1.807) is 0 Å². The molecule has 0 rings (SSSR count). The first-order valence-electron chi connectivity index (χ1n) is 6.94. The third-order valence-electron chi connectivity index (χ3n) is 2.88. The van der Waals surface area contributed by atoms with Gasteiger partial charge >= 0.3 is 11.8 Å². The first kappa shape index (κ1) is 17.9. The summed E-state index contributed by atoms with van der Waals surface area (Å²) in [4.78, 5) is 27.2. The number of rotatable bonds is 9. The second kappa shape index (κ2) is 10.8. The molecule has 0 bridgehead atoms. The van der Waals surface area contributed by atoms with E-state index in [0.717, 1.165) is 32.6 Å². The number of nitrogens with one attached hydrogen (secondary N) is 2. The van der Waals surface area contributed by atoms with Crippen LogP contribution in [0.1, 0.15) is 20.3 Å². The van der Waals surface area contributed by atoms with Gasteiger partial charge in [0.2, 0.25) is 0 Å². The standard InChI is InChI=1S/C13H28N4O2/c1-5-17(6-2)11-9-15-13(19)12(18)14-8-7-10-16(3)4/h5-11H2,1-4H3,(H,14,18)(H,15,19). The molecule has 0 aromatic heterocycles. The van der Waals surface area contributed by atoms with E-state index in [4.69, 9.17) is 0 Å². The molecule has 2 amide bonds. The van der Waals surface area contributed by atoms with Crippen molar-refractivity contribution < 1.29 is 9.59 Å². The number of amides is 2. The Labute approximate surface area is 116 Å². The van der Waals surface area contributed by atoms with Crippen LogP contribution in [-0.4, -0.2) is 75.0 Å². The lowest BCUT2D eigenvalue weighted by molar-refractivity contribution is -0.139. The zero-order valence-corrected chi connectivity index (χ0v) is 12.7. The normalized spacial score (nSPS) is 10.8. The Morgan fingerprint density at radius 1 is 0.895 bits per heavy atom. The second-order valence-corrected chi connectivity index (χ2v) is 4.70. The van der Waals surface area contributed by atoms with Gasteiger partial charge in [-0.15, -0.1) is 0 Å². The summed E-state index contributed by atoms with van der Waals surface area (Å²) in [5, 5.41) is 5.24. The largest absolute Gasteiger partial charge is 0.348 e. The SMILES string of the molecule is CCN(CC)CCNC(=O)C(=O)NCCCN(C)C. The molecule has 0 aliphatic rings. The molecule has 6 heteroatoms. The number of hydrogen-bond acceptors (Lipinski definition) is 4. The Bertz CT molecular complexity index is 265. The van der Waals surface area contributed by atoms with Gasteiger partial charge in [-0.1, -0.05) is 13.8 Å². The lowest BCUT2D eigenvalue weighted by Gasteiger charge is -2.17. The van der Waals surface area contributed by atoms with Gasteiger partial charge in [-0.05, 0) is 40.2 Å². The molecule has 0 aromatic rings. The van der Waals surface area contributed by atoms with Crippen molar-refractivity contribution >= 4 is 11.8 Å². The summed E-state index contributed by atoms with van der Waals surface area (Å²) in [5.41, 5.74) is 0. The van der Waals surface area contributed by atoms with E-state index < -0.39 is 11.8 Å². The highest BCUT2D eigenvalue weighted by molar-refractivity contribution is 6.35. The fourth-order valence-corrected chi connectivity index (χ4v) is 1.63. The van der Waals surface area contributed by atoms with Crippen LogP contribution in [0.25, 0.3) is 0 Å². The maximum absolute atomic E-state index is 11.5. The third kappa shape index (κ3) is 9.44. The quantitative estimate of drug-likeness (QED) is 0.439. The van der Waals surface area contributed by atoms with Gasteiger partial charge in [-0.25, -0.2) is 0 Å². The molecule has 0 radical (unpaired) electrons. The van der Waals surface area contributed by atoms with Gasteiger partial charge in [0.25, 0.3) is 0 Å². The van der Waals surface area contributed by atoms with Gasteiger partial charge in [0, 0.05) is 19.6 Å². The van der Waals surface area contributed by atoms with Gasteiger partial charge in [-0.2, -0.15) is 0 Å². The van der Waals surface area contributed by atoms with E-state index in [0.29, 0.717) is 13.1 Å². The highest BCUT2D eigenvalue weighted by Crippen LogP contribution is 1.84. The van der Waals surface area contributed by atoms with Gasteiger partial charge in [0.1, 0.15) is 0 Å². The zero-order chi connectivity index (χ0) is 14.7. The van der Waals surface area contributed by atoms with Crippen molar-refractivity contribution in [1.29, 1.82) is 0 Å². The molecule has 0 heterocycles.